The fourth-order valence-electron chi connectivity index (χ4n) is 1.74. The Morgan fingerprint density at radius 3 is 2.69 bits per heavy atom. The molecule has 16 heavy (non-hydrogen) atoms. The third kappa shape index (κ3) is 3.31. The fraction of sp³-hybridized carbons (Fsp3) is 0.500. The maximum atomic E-state index is 10.8. The number of hydrogen-bond acceptors (Lipinski definition) is 3. The molecule has 0 fully saturated rings. The highest BCUT2D eigenvalue weighted by Crippen LogP contribution is 2.26. The minimum Gasteiger partial charge on any atom is -0.324 e. The first-order valence-electron chi connectivity index (χ1n) is 5.65. The van der Waals surface area contributed by atoms with Crippen LogP contribution < -0.4 is 5.73 Å². The van der Waals surface area contributed by atoms with Gasteiger partial charge in [-0.1, -0.05) is 44.4 Å². The Kier molecular flexibility index (Phi) is 4.92. The third-order valence-corrected chi connectivity index (χ3v) is 2.65. The van der Waals surface area contributed by atoms with E-state index in [4.69, 9.17) is 5.73 Å². The van der Waals surface area contributed by atoms with Gasteiger partial charge in [-0.2, -0.15) is 0 Å². The summed E-state index contributed by atoms with van der Waals surface area (Å²) in [4.78, 5) is 10.4. The number of nitrogens with zero attached hydrogens (tertiary/aromatic N) is 1. The number of benzene rings is 1. The average Bonchev–Trinajstić information content (AvgIpc) is 2.29. The molecule has 1 atom stereocenters. The summed E-state index contributed by atoms with van der Waals surface area (Å²) in [5.41, 5.74) is 6.74. The van der Waals surface area contributed by atoms with Crippen LogP contribution in [-0.2, 0) is 0 Å². The molecule has 0 heterocycles. The Morgan fingerprint density at radius 2 is 2.06 bits per heavy atom. The van der Waals surface area contributed by atoms with Crippen LogP contribution in [0.1, 0.15) is 44.2 Å². The highest BCUT2D eigenvalue weighted by atomic mass is 16.6. The Hall–Kier alpha value is -1.42. The van der Waals surface area contributed by atoms with Crippen LogP contribution in [-0.4, -0.2) is 4.92 Å². The summed E-state index contributed by atoms with van der Waals surface area (Å²) in [6, 6.07) is 6.49. The van der Waals surface area contributed by atoms with Crippen LogP contribution in [0.25, 0.3) is 0 Å². The molecule has 1 aromatic rings. The number of nitrogens with two attached hydrogens (primary N) is 1. The van der Waals surface area contributed by atoms with Gasteiger partial charge in [-0.3, -0.25) is 10.1 Å². The molecule has 0 saturated carbocycles. The molecule has 0 aliphatic rings. The molecule has 0 saturated heterocycles. The van der Waals surface area contributed by atoms with Crippen LogP contribution in [0.2, 0.25) is 0 Å². The standard InChI is InChI=1S/C12H18N2O2/c1-2-3-4-8-11(13)10-7-5-6-9-12(10)14(15)16/h5-7,9,11H,2-4,8,13H2,1H3/t11-/m1/s1. The van der Waals surface area contributed by atoms with Crippen molar-refractivity contribution >= 4 is 5.69 Å². The molecule has 4 heteroatoms. The molecule has 0 unspecified atom stereocenters. The predicted molar refractivity (Wildman–Crippen MR) is 64.2 cm³/mol. The van der Waals surface area contributed by atoms with Crippen LogP contribution in [0.5, 0.6) is 0 Å². The number of nitro benzene ring substituents is 1. The zero-order valence-electron chi connectivity index (χ0n) is 9.56. The first kappa shape index (κ1) is 12.6. The lowest BCUT2D eigenvalue weighted by molar-refractivity contribution is -0.385. The summed E-state index contributed by atoms with van der Waals surface area (Å²) in [7, 11) is 0. The molecule has 0 amide bonds. The van der Waals surface area contributed by atoms with Gasteiger partial charge in [-0.25, -0.2) is 0 Å². The van der Waals surface area contributed by atoms with Gasteiger partial charge >= 0.3 is 0 Å². The van der Waals surface area contributed by atoms with Gasteiger partial charge in [0.2, 0.25) is 0 Å². The molecule has 88 valence electrons. The Morgan fingerprint density at radius 1 is 1.38 bits per heavy atom. The maximum Gasteiger partial charge on any atom is 0.274 e. The van der Waals surface area contributed by atoms with E-state index in [1.54, 1.807) is 18.2 Å². The third-order valence-electron chi connectivity index (χ3n) is 2.65. The van der Waals surface area contributed by atoms with Gasteiger partial charge in [0.05, 0.1) is 4.92 Å². The van der Waals surface area contributed by atoms with Gasteiger partial charge in [0.1, 0.15) is 0 Å². The highest BCUT2D eigenvalue weighted by molar-refractivity contribution is 5.41. The minimum atomic E-state index is -0.366. The van der Waals surface area contributed by atoms with Crippen LogP contribution in [0.3, 0.4) is 0 Å². The summed E-state index contributed by atoms with van der Waals surface area (Å²) in [6.45, 7) is 2.12. The summed E-state index contributed by atoms with van der Waals surface area (Å²) >= 11 is 0. The zero-order chi connectivity index (χ0) is 12.0. The first-order chi connectivity index (χ1) is 7.66. The van der Waals surface area contributed by atoms with Gasteiger partial charge in [-0.05, 0) is 6.42 Å². The lowest BCUT2D eigenvalue weighted by Crippen LogP contribution is -2.12. The quantitative estimate of drug-likeness (QED) is 0.456. The Labute approximate surface area is 95.6 Å². The monoisotopic (exact) mass is 222 g/mol. The van der Waals surface area contributed by atoms with E-state index in [1.807, 2.05) is 0 Å². The van der Waals surface area contributed by atoms with Crippen molar-refractivity contribution in [3.8, 4) is 0 Å². The molecular formula is C12H18N2O2. The normalized spacial score (nSPS) is 12.4. The zero-order valence-corrected chi connectivity index (χ0v) is 9.56. The van der Waals surface area contributed by atoms with Crippen LogP contribution in [0.4, 0.5) is 5.69 Å². The van der Waals surface area contributed by atoms with Crippen molar-refractivity contribution in [1.82, 2.24) is 0 Å². The molecule has 4 nitrogen and oxygen atoms in total. The van der Waals surface area contributed by atoms with Gasteiger partial charge in [-0.15, -0.1) is 0 Å². The average molecular weight is 222 g/mol. The summed E-state index contributed by atoms with van der Waals surface area (Å²) in [5, 5.41) is 10.8. The van der Waals surface area contributed by atoms with E-state index in [1.165, 1.54) is 6.07 Å². The van der Waals surface area contributed by atoms with Gasteiger partial charge in [0, 0.05) is 17.7 Å². The van der Waals surface area contributed by atoms with Gasteiger partial charge < -0.3 is 5.73 Å². The second kappa shape index (κ2) is 6.23. The summed E-state index contributed by atoms with van der Waals surface area (Å²) in [5.74, 6) is 0. The van der Waals surface area contributed by atoms with Crippen molar-refractivity contribution in [2.24, 2.45) is 5.73 Å². The van der Waals surface area contributed by atoms with Gasteiger partial charge in [0.25, 0.3) is 5.69 Å². The van der Waals surface area contributed by atoms with E-state index in [9.17, 15) is 10.1 Å². The van der Waals surface area contributed by atoms with Gasteiger partial charge in [0.15, 0.2) is 0 Å². The highest BCUT2D eigenvalue weighted by Gasteiger charge is 2.17. The van der Waals surface area contributed by atoms with Crippen molar-refractivity contribution in [3.63, 3.8) is 0 Å². The van der Waals surface area contributed by atoms with Crippen LogP contribution >= 0.6 is 0 Å². The molecule has 0 aliphatic heterocycles. The van der Waals surface area contributed by atoms with Crippen molar-refractivity contribution in [1.29, 1.82) is 0 Å². The maximum absolute atomic E-state index is 10.8. The van der Waals surface area contributed by atoms with E-state index in [0.717, 1.165) is 25.7 Å². The second-order valence-electron chi connectivity index (χ2n) is 3.92. The Bertz CT molecular complexity index is 353. The van der Waals surface area contributed by atoms with E-state index >= 15 is 0 Å². The number of unbranched alkanes of at least 4 members (excludes halogenated alkanes) is 2. The molecular weight excluding hydrogens is 204 g/mol. The molecule has 2 N–H and O–H groups in total. The summed E-state index contributed by atoms with van der Waals surface area (Å²) < 4.78 is 0. The fourth-order valence-corrected chi connectivity index (χ4v) is 1.74. The molecule has 0 radical (unpaired) electrons. The largest absolute Gasteiger partial charge is 0.324 e. The van der Waals surface area contributed by atoms with Crippen LogP contribution in [0, 0.1) is 10.1 Å². The van der Waals surface area contributed by atoms with E-state index in [-0.39, 0.29) is 16.7 Å². The van der Waals surface area contributed by atoms with Crippen molar-refractivity contribution < 1.29 is 4.92 Å². The molecule has 1 aromatic carbocycles. The molecule has 0 aromatic heterocycles. The SMILES string of the molecule is CCCCC[C@@H](N)c1ccccc1[N+](=O)[O-]. The number of rotatable bonds is 6. The second-order valence-corrected chi connectivity index (χ2v) is 3.92. The Balaban J connectivity index is 2.74. The molecule has 0 bridgehead atoms. The molecule has 0 aliphatic carbocycles. The van der Waals surface area contributed by atoms with E-state index < -0.39 is 0 Å². The van der Waals surface area contributed by atoms with E-state index in [0.29, 0.717) is 5.56 Å². The molecule has 0 spiro atoms. The first-order valence-corrected chi connectivity index (χ1v) is 5.65. The van der Waals surface area contributed by atoms with Crippen molar-refractivity contribution in [3.05, 3.63) is 39.9 Å². The smallest absolute Gasteiger partial charge is 0.274 e. The summed E-state index contributed by atoms with van der Waals surface area (Å²) in [6.07, 6.45) is 4.07. The number of para-hydroxylation sites is 1. The lowest BCUT2D eigenvalue weighted by Gasteiger charge is -2.11. The van der Waals surface area contributed by atoms with Crippen LogP contribution in [0.15, 0.2) is 24.3 Å². The van der Waals surface area contributed by atoms with Crippen molar-refractivity contribution in [2.75, 3.05) is 0 Å². The topological polar surface area (TPSA) is 69.2 Å². The predicted octanol–water partition coefficient (Wildman–Crippen LogP) is 3.17. The molecule has 1 rings (SSSR count). The number of hydrogen-bond donors (Lipinski definition) is 1. The lowest BCUT2D eigenvalue weighted by atomic mass is 10.00. The minimum absolute atomic E-state index is 0.131. The van der Waals surface area contributed by atoms with Crippen molar-refractivity contribution in [2.45, 2.75) is 38.6 Å². The number of nitro groups is 1. The van der Waals surface area contributed by atoms with E-state index in [2.05, 4.69) is 6.92 Å².